The molecule has 0 aromatic rings. The zero-order valence-electron chi connectivity index (χ0n) is 4.42. The SMILES string of the molecule is O=[N+]([O-])[O-].O=[N+]([O-])[O-].[Ce+3].[Y+3]. The Labute approximate surface area is 113 Å². The molecule has 0 spiro atoms. The van der Waals surface area contributed by atoms with Crippen LogP contribution in [-0.4, -0.2) is 10.2 Å². The monoisotopic (exact) mass is 353 g/mol. The Kier molecular flexibility index (Phi) is 36.9. The molecule has 1 radical (unpaired) electrons. The molecule has 0 amide bonds. The fourth-order valence-electron chi connectivity index (χ4n) is 0. The molecule has 49 valence electrons. The van der Waals surface area contributed by atoms with Crippen molar-refractivity contribution >= 4 is 0 Å². The normalized spacial score (nSPS) is 4.80. The van der Waals surface area contributed by atoms with Crippen molar-refractivity contribution in [3.05, 3.63) is 30.6 Å². The van der Waals surface area contributed by atoms with E-state index in [1.165, 1.54) is 0 Å². The van der Waals surface area contributed by atoms with E-state index in [1.54, 1.807) is 0 Å². The third-order valence-corrected chi connectivity index (χ3v) is 0. The van der Waals surface area contributed by atoms with Crippen molar-refractivity contribution in [2.45, 2.75) is 0 Å². The van der Waals surface area contributed by atoms with E-state index < -0.39 is 10.2 Å². The second-order valence-corrected chi connectivity index (χ2v) is 0.447. The maximum absolute atomic E-state index is 8.25. The Balaban J connectivity index is -0.0000000300. The average molecular weight is 353 g/mol. The predicted octanol–water partition coefficient (Wildman–Crippen LogP) is -0.481. The van der Waals surface area contributed by atoms with Crippen LogP contribution in [0.4, 0.5) is 0 Å². The molecule has 0 fully saturated rings. The maximum Gasteiger partial charge on any atom is 3.00 e. The van der Waals surface area contributed by atoms with Gasteiger partial charge in [0.2, 0.25) is 0 Å². The van der Waals surface area contributed by atoms with Gasteiger partial charge in [-0.15, -0.1) is 0 Å². The van der Waals surface area contributed by atoms with Crippen LogP contribution >= 0.6 is 0 Å². The van der Waals surface area contributed by atoms with Gasteiger partial charge in [-0.25, -0.2) is 0 Å². The summed E-state index contributed by atoms with van der Waals surface area (Å²) < 4.78 is 0. The molecule has 0 aromatic carbocycles. The zero-order chi connectivity index (χ0) is 7.15. The molecule has 8 nitrogen and oxygen atoms in total. The van der Waals surface area contributed by atoms with Crippen LogP contribution in [0.5, 0.6) is 0 Å². The first-order chi connectivity index (χ1) is 3.46. The van der Waals surface area contributed by atoms with E-state index >= 15 is 0 Å². The second-order valence-electron chi connectivity index (χ2n) is 0.447. The summed E-state index contributed by atoms with van der Waals surface area (Å²) in [7, 11) is 0. The molecule has 0 unspecified atom stereocenters. The van der Waals surface area contributed by atoms with Crippen molar-refractivity contribution in [3.8, 4) is 0 Å². The summed E-state index contributed by atoms with van der Waals surface area (Å²) in [6, 6.07) is 0. The Bertz CT molecular complexity index is 73.7. The minimum absolute atomic E-state index is 0. The van der Waals surface area contributed by atoms with Gasteiger partial charge in [0, 0.05) is 0 Å². The molecule has 0 N–H and O–H groups in total. The molecule has 0 aliphatic rings. The summed E-state index contributed by atoms with van der Waals surface area (Å²) in [6.45, 7) is 0. The fourth-order valence-corrected chi connectivity index (χ4v) is 0. The minimum Gasteiger partial charge on any atom is -0.356 e. The van der Waals surface area contributed by atoms with E-state index in [-0.39, 0.29) is 74.5 Å². The quantitative estimate of drug-likeness (QED) is 0.427. The van der Waals surface area contributed by atoms with Crippen molar-refractivity contribution in [1.29, 1.82) is 0 Å². The molecule has 0 aromatic heterocycles. The van der Waals surface area contributed by atoms with Gasteiger partial charge < -0.3 is 30.6 Å². The summed E-state index contributed by atoms with van der Waals surface area (Å²) in [5, 5.41) is 29.5. The number of hydrogen-bond acceptors (Lipinski definition) is 6. The average Bonchev–Trinajstić information content (AvgIpc) is 1.25. The van der Waals surface area contributed by atoms with Gasteiger partial charge >= 0.3 is 74.5 Å². The number of rotatable bonds is 0. The van der Waals surface area contributed by atoms with Gasteiger partial charge in [0.15, 0.2) is 0 Å². The summed E-state index contributed by atoms with van der Waals surface area (Å²) in [6.07, 6.45) is 0. The van der Waals surface area contributed by atoms with Gasteiger partial charge in [0.05, 0.1) is 10.2 Å². The molecule has 0 aliphatic heterocycles. The zero-order valence-corrected chi connectivity index (χ0v) is 10.4. The van der Waals surface area contributed by atoms with Crippen LogP contribution < -0.4 is 0 Å². The van der Waals surface area contributed by atoms with Crippen molar-refractivity contribution in [3.63, 3.8) is 0 Å². The van der Waals surface area contributed by atoms with Gasteiger partial charge in [-0.05, 0) is 0 Å². The van der Waals surface area contributed by atoms with Crippen molar-refractivity contribution in [1.82, 2.24) is 0 Å². The van der Waals surface area contributed by atoms with Gasteiger partial charge in [-0.3, -0.25) is 0 Å². The van der Waals surface area contributed by atoms with Gasteiger partial charge in [-0.1, -0.05) is 0 Å². The van der Waals surface area contributed by atoms with Gasteiger partial charge in [0.1, 0.15) is 0 Å². The molecule has 10 heavy (non-hydrogen) atoms. The smallest absolute Gasteiger partial charge is 0.356 e. The molecule has 0 saturated carbocycles. The molecule has 0 rings (SSSR count). The van der Waals surface area contributed by atoms with Crippen LogP contribution in [0.2, 0.25) is 0 Å². The molecular weight excluding hydrogens is 353 g/mol. The van der Waals surface area contributed by atoms with Crippen molar-refractivity contribution in [2.75, 3.05) is 0 Å². The van der Waals surface area contributed by atoms with E-state index in [0.29, 0.717) is 0 Å². The molecule has 10 heteroatoms. The third kappa shape index (κ3) is 711. The predicted molar refractivity (Wildman–Crippen MR) is 20.7 cm³/mol. The minimum atomic E-state index is -1.75. The maximum atomic E-state index is 8.25. The summed E-state index contributed by atoms with van der Waals surface area (Å²) >= 11 is 0. The molecular formula is CeN2O6Y+4. The topological polar surface area (TPSA) is 132 Å². The fraction of sp³-hybridized carbons (Fsp3) is 0. The largest absolute Gasteiger partial charge is 3.00 e. The molecule has 0 saturated heterocycles. The molecule has 0 atom stereocenters. The second kappa shape index (κ2) is 16.5. The van der Waals surface area contributed by atoms with E-state index in [0.717, 1.165) is 0 Å². The standard InChI is InChI=1S/Ce.2NO3.Y/c;2*2-1(3)4;/q+3;2*-1;+3. The van der Waals surface area contributed by atoms with E-state index in [4.69, 9.17) is 30.6 Å². The van der Waals surface area contributed by atoms with Gasteiger partial charge in [-0.2, -0.15) is 0 Å². The Morgan fingerprint density at radius 1 is 0.800 bits per heavy atom. The first kappa shape index (κ1) is 22.4. The van der Waals surface area contributed by atoms with Crippen LogP contribution in [-0.2, 0) is 32.7 Å². The first-order valence-corrected chi connectivity index (χ1v) is 1.10. The molecule has 0 bridgehead atoms. The van der Waals surface area contributed by atoms with Crippen molar-refractivity contribution in [2.24, 2.45) is 0 Å². The number of hydrogen-bond donors (Lipinski definition) is 0. The van der Waals surface area contributed by atoms with Crippen LogP contribution in [0.1, 0.15) is 0 Å². The van der Waals surface area contributed by atoms with Crippen LogP contribution in [0, 0.1) is 72.4 Å². The Hall–Kier alpha value is 0.881. The van der Waals surface area contributed by atoms with E-state index in [2.05, 4.69) is 0 Å². The first-order valence-electron chi connectivity index (χ1n) is 1.10. The van der Waals surface area contributed by atoms with E-state index in [1.807, 2.05) is 0 Å². The van der Waals surface area contributed by atoms with E-state index in [9.17, 15) is 0 Å². The number of nitrogens with zero attached hydrogens (tertiary/aromatic N) is 2. The van der Waals surface area contributed by atoms with Crippen molar-refractivity contribution < 1.29 is 84.6 Å². The third-order valence-electron chi connectivity index (χ3n) is 0. The van der Waals surface area contributed by atoms with Crippen LogP contribution in [0.25, 0.3) is 0 Å². The van der Waals surface area contributed by atoms with Crippen LogP contribution in [0.3, 0.4) is 0 Å². The Morgan fingerprint density at radius 3 is 0.800 bits per heavy atom. The summed E-state index contributed by atoms with van der Waals surface area (Å²) in [5.41, 5.74) is 0. The summed E-state index contributed by atoms with van der Waals surface area (Å²) in [5.74, 6) is 0. The molecule has 0 heterocycles. The molecule has 0 aliphatic carbocycles. The summed E-state index contributed by atoms with van der Waals surface area (Å²) in [4.78, 5) is 16.5. The van der Waals surface area contributed by atoms with Crippen LogP contribution in [0.15, 0.2) is 0 Å². The Morgan fingerprint density at radius 2 is 0.800 bits per heavy atom. The van der Waals surface area contributed by atoms with Gasteiger partial charge in [0.25, 0.3) is 0 Å².